The minimum Gasteiger partial charge on any atom is -0.377 e. The van der Waals surface area contributed by atoms with E-state index in [9.17, 15) is 5.11 Å². The number of unbranched alkanes of at least 4 members (excludes halogenated alkanes) is 1. The van der Waals surface area contributed by atoms with Crippen molar-refractivity contribution in [3.05, 3.63) is 22.4 Å². The standard InChI is InChI=1S/C9H14OS2/c1-2-3-6-12-9(10)8-5-4-7-11-8/h4-5,7,9-10H,2-3,6H2,1H3. The molecule has 1 unspecified atom stereocenters. The van der Waals surface area contributed by atoms with Crippen LogP contribution in [0.5, 0.6) is 0 Å². The van der Waals surface area contributed by atoms with Gasteiger partial charge in [-0.15, -0.1) is 23.1 Å². The van der Waals surface area contributed by atoms with E-state index in [0.717, 1.165) is 10.6 Å². The van der Waals surface area contributed by atoms with Crippen LogP contribution < -0.4 is 0 Å². The Morgan fingerprint density at radius 2 is 2.50 bits per heavy atom. The number of rotatable bonds is 5. The second kappa shape index (κ2) is 5.62. The monoisotopic (exact) mass is 202 g/mol. The average molecular weight is 202 g/mol. The molecule has 1 aromatic heterocycles. The van der Waals surface area contributed by atoms with Crippen molar-refractivity contribution in [3.8, 4) is 0 Å². The first-order chi connectivity index (χ1) is 5.84. The van der Waals surface area contributed by atoms with E-state index in [1.165, 1.54) is 12.8 Å². The van der Waals surface area contributed by atoms with Gasteiger partial charge in [0.2, 0.25) is 0 Å². The molecule has 0 saturated carbocycles. The van der Waals surface area contributed by atoms with Crippen molar-refractivity contribution in [3.63, 3.8) is 0 Å². The van der Waals surface area contributed by atoms with Crippen LogP contribution in [0.15, 0.2) is 17.5 Å². The van der Waals surface area contributed by atoms with Gasteiger partial charge < -0.3 is 5.11 Å². The molecule has 0 radical (unpaired) electrons. The molecule has 0 aromatic carbocycles. The van der Waals surface area contributed by atoms with Gasteiger partial charge in [0.1, 0.15) is 5.44 Å². The van der Waals surface area contributed by atoms with Crippen molar-refractivity contribution >= 4 is 23.1 Å². The van der Waals surface area contributed by atoms with E-state index in [-0.39, 0.29) is 5.44 Å². The Morgan fingerprint density at radius 1 is 1.67 bits per heavy atom. The van der Waals surface area contributed by atoms with Gasteiger partial charge in [-0.05, 0) is 23.6 Å². The number of aliphatic hydroxyl groups excluding tert-OH is 1. The van der Waals surface area contributed by atoms with E-state index in [2.05, 4.69) is 6.92 Å². The van der Waals surface area contributed by atoms with Gasteiger partial charge in [-0.1, -0.05) is 19.4 Å². The van der Waals surface area contributed by atoms with Crippen LogP contribution in [0.3, 0.4) is 0 Å². The van der Waals surface area contributed by atoms with Crippen LogP contribution in [-0.4, -0.2) is 10.9 Å². The number of thiophene rings is 1. The zero-order chi connectivity index (χ0) is 8.81. The summed E-state index contributed by atoms with van der Waals surface area (Å²) in [5.74, 6) is 1.05. The van der Waals surface area contributed by atoms with Gasteiger partial charge in [0.05, 0.1) is 0 Å². The van der Waals surface area contributed by atoms with Crippen molar-refractivity contribution in [1.82, 2.24) is 0 Å². The number of aliphatic hydroxyl groups is 1. The largest absolute Gasteiger partial charge is 0.377 e. The van der Waals surface area contributed by atoms with E-state index >= 15 is 0 Å². The lowest BCUT2D eigenvalue weighted by Gasteiger charge is -2.06. The third-order valence-corrected chi connectivity index (χ3v) is 3.73. The molecule has 1 heterocycles. The second-order valence-electron chi connectivity index (χ2n) is 2.59. The van der Waals surface area contributed by atoms with Crippen LogP contribution in [0.2, 0.25) is 0 Å². The molecule has 3 heteroatoms. The zero-order valence-corrected chi connectivity index (χ0v) is 8.83. The molecule has 1 N–H and O–H groups in total. The van der Waals surface area contributed by atoms with Crippen molar-refractivity contribution < 1.29 is 5.11 Å². The van der Waals surface area contributed by atoms with Crippen molar-refractivity contribution in [2.45, 2.75) is 25.2 Å². The first-order valence-corrected chi connectivity index (χ1v) is 6.10. The van der Waals surface area contributed by atoms with E-state index < -0.39 is 0 Å². The fraction of sp³-hybridized carbons (Fsp3) is 0.556. The van der Waals surface area contributed by atoms with Crippen molar-refractivity contribution in [2.24, 2.45) is 0 Å². The normalized spacial score (nSPS) is 13.2. The van der Waals surface area contributed by atoms with Crippen LogP contribution in [0.1, 0.15) is 30.1 Å². The Kier molecular flexibility index (Phi) is 4.73. The summed E-state index contributed by atoms with van der Waals surface area (Å²) < 4.78 is 0. The Bertz CT molecular complexity index is 196. The van der Waals surface area contributed by atoms with E-state index in [0.29, 0.717) is 0 Å². The van der Waals surface area contributed by atoms with Crippen LogP contribution in [0.25, 0.3) is 0 Å². The number of hydrogen-bond donors (Lipinski definition) is 1. The highest BCUT2D eigenvalue weighted by atomic mass is 32.2. The summed E-state index contributed by atoms with van der Waals surface area (Å²) in [6, 6.07) is 3.96. The Balaban J connectivity index is 2.25. The highest BCUT2D eigenvalue weighted by Gasteiger charge is 2.07. The lowest BCUT2D eigenvalue weighted by molar-refractivity contribution is 0.274. The number of thioether (sulfide) groups is 1. The fourth-order valence-corrected chi connectivity index (χ4v) is 2.73. The van der Waals surface area contributed by atoms with Crippen molar-refractivity contribution in [1.29, 1.82) is 0 Å². The molecule has 0 saturated heterocycles. The highest BCUT2D eigenvalue weighted by molar-refractivity contribution is 7.99. The van der Waals surface area contributed by atoms with Crippen molar-refractivity contribution in [2.75, 3.05) is 5.75 Å². The molecule has 1 aromatic rings. The average Bonchev–Trinajstić information content (AvgIpc) is 2.56. The quantitative estimate of drug-likeness (QED) is 0.584. The summed E-state index contributed by atoms with van der Waals surface area (Å²) in [5.41, 5.74) is -0.309. The number of hydrogen-bond acceptors (Lipinski definition) is 3. The minimum absolute atomic E-state index is 0.309. The highest BCUT2D eigenvalue weighted by Crippen LogP contribution is 2.29. The van der Waals surface area contributed by atoms with Gasteiger partial charge in [-0.3, -0.25) is 0 Å². The first-order valence-electron chi connectivity index (χ1n) is 4.17. The molecule has 1 atom stereocenters. The molecule has 0 bridgehead atoms. The predicted octanol–water partition coefficient (Wildman–Crippen LogP) is 3.27. The topological polar surface area (TPSA) is 20.2 Å². The maximum Gasteiger partial charge on any atom is 0.134 e. The van der Waals surface area contributed by atoms with Crippen LogP contribution in [0.4, 0.5) is 0 Å². The van der Waals surface area contributed by atoms with Crippen LogP contribution in [-0.2, 0) is 0 Å². The Morgan fingerprint density at radius 3 is 3.08 bits per heavy atom. The molecule has 1 rings (SSSR count). The van der Waals surface area contributed by atoms with Gasteiger partial charge in [0.15, 0.2) is 0 Å². The molecule has 1 nitrogen and oxygen atoms in total. The second-order valence-corrected chi connectivity index (χ2v) is 4.76. The lowest BCUT2D eigenvalue weighted by Crippen LogP contribution is -1.89. The summed E-state index contributed by atoms with van der Waals surface area (Å²) in [7, 11) is 0. The maximum atomic E-state index is 9.61. The Hall–Kier alpha value is 0.01000. The molecule has 0 fully saturated rings. The minimum atomic E-state index is -0.309. The Labute approximate surface area is 81.8 Å². The predicted molar refractivity (Wildman–Crippen MR) is 56.6 cm³/mol. The lowest BCUT2D eigenvalue weighted by atomic mass is 10.4. The van der Waals surface area contributed by atoms with E-state index in [1.54, 1.807) is 23.1 Å². The molecule has 0 aliphatic heterocycles. The smallest absolute Gasteiger partial charge is 0.134 e. The summed E-state index contributed by atoms with van der Waals surface area (Å²) >= 11 is 3.24. The van der Waals surface area contributed by atoms with Crippen LogP contribution in [0, 0.1) is 0 Å². The molecule has 0 aliphatic rings. The zero-order valence-electron chi connectivity index (χ0n) is 7.19. The summed E-state index contributed by atoms with van der Waals surface area (Å²) in [4.78, 5) is 1.07. The molecular formula is C9H14OS2. The van der Waals surface area contributed by atoms with Gasteiger partial charge in [-0.2, -0.15) is 0 Å². The van der Waals surface area contributed by atoms with Gasteiger partial charge in [0, 0.05) is 4.88 Å². The van der Waals surface area contributed by atoms with Gasteiger partial charge >= 0.3 is 0 Å². The SMILES string of the molecule is CCCCSC(O)c1cccs1. The summed E-state index contributed by atoms with van der Waals surface area (Å²) in [6.45, 7) is 2.16. The van der Waals surface area contributed by atoms with E-state index in [1.807, 2.05) is 17.5 Å². The molecule has 12 heavy (non-hydrogen) atoms. The molecular weight excluding hydrogens is 188 g/mol. The maximum absolute atomic E-state index is 9.61. The van der Waals surface area contributed by atoms with E-state index in [4.69, 9.17) is 0 Å². The fourth-order valence-electron chi connectivity index (χ4n) is 0.853. The molecule has 0 amide bonds. The summed E-state index contributed by atoms with van der Waals surface area (Å²) in [5, 5.41) is 11.6. The molecule has 68 valence electrons. The third-order valence-electron chi connectivity index (χ3n) is 1.56. The van der Waals surface area contributed by atoms with Gasteiger partial charge in [0.25, 0.3) is 0 Å². The molecule has 0 spiro atoms. The van der Waals surface area contributed by atoms with Crippen LogP contribution >= 0.6 is 23.1 Å². The third kappa shape index (κ3) is 3.17. The first kappa shape index (κ1) is 10.1. The summed E-state index contributed by atoms with van der Waals surface area (Å²) in [6.07, 6.45) is 2.39. The van der Waals surface area contributed by atoms with Gasteiger partial charge in [-0.25, -0.2) is 0 Å². The molecule has 0 aliphatic carbocycles.